The van der Waals surface area contributed by atoms with Gasteiger partial charge in [0.25, 0.3) is 5.91 Å². The van der Waals surface area contributed by atoms with Crippen molar-refractivity contribution in [2.75, 3.05) is 19.6 Å². The van der Waals surface area contributed by atoms with E-state index in [9.17, 15) is 14.4 Å². The third kappa shape index (κ3) is 3.13. The molecule has 1 heterocycles. The van der Waals surface area contributed by atoms with Crippen LogP contribution in [0.5, 0.6) is 0 Å². The number of benzene rings is 2. The highest BCUT2D eigenvalue weighted by Gasteiger charge is 2.25. The molecule has 0 aliphatic carbocycles. The molecule has 0 atom stereocenters. The van der Waals surface area contributed by atoms with E-state index in [0.717, 1.165) is 0 Å². The maximum atomic E-state index is 12.7. The van der Waals surface area contributed by atoms with Crippen molar-refractivity contribution in [3.63, 3.8) is 0 Å². The molecule has 2 aromatic carbocycles. The Morgan fingerprint density at radius 2 is 1.57 bits per heavy atom. The van der Waals surface area contributed by atoms with Crippen LogP contribution in [-0.2, 0) is 4.79 Å². The van der Waals surface area contributed by atoms with Crippen molar-refractivity contribution in [2.24, 2.45) is 0 Å². The van der Waals surface area contributed by atoms with Crippen LogP contribution in [0, 0.1) is 0 Å². The van der Waals surface area contributed by atoms with Crippen LogP contribution in [0.1, 0.15) is 26.3 Å². The van der Waals surface area contributed by atoms with Crippen molar-refractivity contribution in [3.8, 4) is 0 Å². The Balaban J connectivity index is 1.93. The minimum absolute atomic E-state index is 0.0205. The lowest BCUT2D eigenvalue weighted by Crippen LogP contribution is -2.50. The molecule has 1 saturated heterocycles. The topological polar surface area (TPSA) is 66.5 Å². The van der Waals surface area contributed by atoms with Crippen molar-refractivity contribution in [1.82, 2.24) is 10.2 Å². The number of piperazine rings is 1. The molecule has 0 saturated carbocycles. The van der Waals surface area contributed by atoms with Crippen molar-refractivity contribution >= 4 is 17.6 Å². The Kier molecular flexibility index (Phi) is 4.19. The van der Waals surface area contributed by atoms with Crippen LogP contribution in [0.15, 0.2) is 54.6 Å². The lowest BCUT2D eigenvalue weighted by molar-refractivity contribution is -0.123. The predicted molar refractivity (Wildman–Crippen MR) is 85.2 cm³/mol. The second-order valence-electron chi connectivity index (χ2n) is 5.32. The Bertz CT molecular complexity index is 756. The molecule has 5 heteroatoms. The third-order valence-electron chi connectivity index (χ3n) is 3.76. The number of rotatable bonds is 3. The van der Waals surface area contributed by atoms with Crippen LogP contribution < -0.4 is 5.32 Å². The zero-order valence-corrected chi connectivity index (χ0v) is 12.5. The van der Waals surface area contributed by atoms with E-state index in [0.29, 0.717) is 29.8 Å². The molecule has 1 fully saturated rings. The number of amides is 2. The Morgan fingerprint density at radius 3 is 2.26 bits per heavy atom. The van der Waals surface area contributed by atoms with E-state index in [1.807, 2.05) is 6.07 Å². The first-order valence-corrected chi connectivity index (χ1v) is 7.41. The summed E-state index contributed by atoms with van der Waals surface area (Å²) in [4.78, 5) is 38.3. The first kappa shape index (κ1) is 15.0. The second-order valence-corrected chi connectivity index (χ2v) is 5.32. The fourth-order valence-corrected chi connectivity index (χ4v) is 2.59. The quantitative estimate of drug-likeness (QED) is 0.874. The SMILES string of the molecule is O=C1CN(C(=O)c2ccccc2C(=O)c2ccccc2)CCN1. The summed E-state index contributed by atoms with van der Waals surface area (Å²) < 4.78 is 0. The van der Waals surface area contributed by atoms with Gasteiger partial charge in [0.15, 0.2) is 5.78 Å². The Morgan fingerprint density at radius 1 is 0.913 bits per heavy atom. The first-order chi connectivity index (χ1) is 11.2. The zero-order valence-electron chi connectivity index (χ0n) is 12.5. The number of ketones is 1. The van der Waals surface area contributed by atoms with E-state index in [2.05, 4.69) is 5.32 Å². The van der Waals surface area contributed by atoms with Gasteiger partial charge < -0.3 is 10.2 Å². The van der Waals surface area contributed by atoms with Gasteiger partial charge in [0.1, 0.15) is 0 Å². The van der Waals surface area contributed by atoms with Crippen molar-refractivity contribution in [1.29, 1.82) is 0 Å². The molecule has 23 heavy (non-hydrogen) atoms. The molecule has 1 N–H and O–H groups in total. The summed E-state index contributed by atoms with van der Waals surface area (Å²) >= 11 is 0. The number of nitrogens with one attached hydrogen (secondary N) is 1. The van der Waals surface area contributed by atoms with Gasteiger partial charge in [0.2, 0.25) is 5.91 Å². The monoisotopic (exact) mass is 308 g/mol. The molecular weight excluding hydrogens is 292 g/mol. The van der Waals surface area contributed by atoms with E-state index >= 15 is 0 Å². The highest BCUT2D eigenvalue weighted by atomic mass is 16.2. The van der Waals surface area contributed by atoms with Crippen LogP contribution in [0.2, 0.25) is 0 Å². The van der Waals surface area contributed by atoms with E-state index in [1.54, 1.807) is 48.5 Å². The summed E-state index contributed by atoms with van der Waals surface area (Å²) in [7, 11) is 0. The van der Waals surface area contributed by atoms with Crippen molar-refractivity contribution in [2.45, 2.75) is 0 Å². The zero-order chi connectivity index (χ0) is 16.2. The number of nitrogens with zero attached hydrogens (tertiary/aromatic N) is 1. The van der Waals surface area contributed by atoms with Gasteiger partial charge in [0, 0.05) is 24.2 Å². The van der Waals surface area contributed by atoms with E-state index in [4.69, 9.17) is 0 Å². The largest absolute Gasteiger partial charge is 0.353 e. The normalized spacial score (nSPS) is 14.3. The molecule has 0 spiro atoms. The average molecular weight is 308 g/mol. The van der Waals surface area contributed by atoms with E-state index in [-0.39, 0.29) is 24.1 Å². The minimum atomic E-state index is -0.292. The molecule has 0 aromatic heterocycles. The summed E-state index contributed by atoms with van der Waals surface area (Å²) in [5.41, 5.74) is 1.22. The Labute approximate surface area is 133 Å². The first-order valence-electron chi connectivity index (χ1n) is 7.41. The fraction of sp³-hybridized carbons (Fsp3) is 0.167. The van der Waals surface area contributed by atoms with Gasteiger partial charge in [-0.15, -0.1) is 0 Å². The summed E-state index contributed by atoms with van der Waals surface area (Å²) in [6.07, 6.45) is 0. The summed E-state index contributed by atoms with van der Waals surface area (Å²) in [6.45, 7) is 0.893. The number of carbonyl (C=O) groups excluding carboxylic acids is 3. The van der Waals surface area contributed by atoms with Gasteiger partial charge in [-0.25, -0.2) is 0 Å². The number of hydrogen-bond donors (Lipinski definition) is 1. The standard InChI is InChI=1S/C18H16N2O3/c21-16-12-20(11-10-19-16)18(23)15-9-5-4-8-14(15)17(22)13-6-2-1-3-7-13/h1-9H,10-12H2,(H,19,21). The average Bonchev–Trinajstić information content (AvgIpc) is 2.61. The van der Waals surface area contributed by atoms with Crippen LogP contribution in [-0.4, -0.2) is 42.1 Å². The maximum absolute atomic E-state index is 12.7. The second kappa shape index (κ2) is 6.44. The predicted octanol–water partition coefficient (Wildman–Crippen LogP) is 1.49. The van der Waals surface area contributed by atoms with Crippen molar-refractivity contribution < 1.29 is 14.4 Å². The number of carbonyl (C=O) groups is 3. The number of hydrogen-bond acceptors (Lipinski definition) is 3. The van der Waals surface area contributed by atoms with Crippen LogP contribution >= 0.6 is 0 Å². The minimum Gasteiger partial charge on any atom is -0.353 e. The van der Waals surface area contributed by atoms with E-state index < -0.39 is 0 Å². The summed E-state index contributed by atoms with van der Waals surface area (Å²) in [6, 6.07) is 15.6. The highest BCUT2D eigenvalue weighted by Crippen LogP contribution is 2.17. The van der Waals surface area contributed by atoms with Crippen LogP contribution in [0.25, 0.3) is 0 Å². The molecular formula is C18H16N2O3. The Hall–Kier alpha value is -2.95. The van der Waals surface area contributed by atoms with Gasteiger partial charge in [-0.05, 0) is 6.07 Å². The van der Waals surface area contributed by atoms with Gasteiger partial charge in [-0.2, -0.15) is 0 Å². The van der Waals surface area contributed by atoms with Crippen LogP contribution in [0.4, 0.5) is 0 Å². The van der Waals surface area contributed by atoms with Gasteiger partial charge >= 0.3 is 0 Å². The fourth-order valence-electron chi connectivity index (χ4n) is 2.59. The molecule has 1 aliphatic heterocycles. The molecule has 1 aliphatic rings. The highest BCUT2D eigenvalue weighted by molar-refractivity contribution is 6.15. The molecule has 2 amide bonds. The molecule has 0 radical (unpaired) electrons. The third-order valence-corrected chi connectivity index (χ3v) is 3.76. The van der Waals surface area contributed by atoms with Crippen LogP contribution in [0.3, 0.4) is 0 Å². The smallest absolute Gasteiger partial charge is 0.255 e. The van der Waals surface area contributed by atoms with Gasteiger partial charge in [0.05, 0.1) is 12.1 Å². The molecule has 5 nitrogen and oxygen atoms in total. The maximum Gasteiger partial charge on any atom is 0.255 e. The van der Waals surface area contributed by atoms with Crippen molar-refractivity contribution in [3.05, 3.63) is 71.3 Å². The van der Waals surface area contributed by atoms with Gasteiger partial charge in [-0.1, -0.05) is 48.5 Å². The lowest BCUT2D eigenvalue weighted by atomic mass is 9.97. The van der Waals surface area contributed by atoms with Gasteiger partial charge in [-0.3, -0.25) is 14.4 Å². The molecule has 116 valence electrons. The molecule has 2 aromatic rings. The molecule has 0 unspecified atom stereocenters. The summed E-state index contributed by atoms with van der Waals surface area (Å²) in [5.74, 6) is -0.674. The summed E-state index contributed by atoms with van der Waals surface area (Å²) in [5, 5.41) is 2.68. The lowest BCUT2D eigenvalue weighted by Gasteiger charge is -2.27. The molecule has 0 bridgehead atoms. The molecule has 3 rings (SSSR count). The van der Waals surface area contributed by atoms with E-state index in [1.165, 1.54) is 4.90 Å².